The number of alkyl halides is 2. The Balaban J connectivity index is 1.96. The summed E-state index contributed by atoms with van der Waals surface area (Å²) in [5.74, 6) is -0.558. The van der Waals surface area contributed by atoms with Crippen LogP contribution in [-0.4, -0.2) is 38.9 Å². The van der Waals surface area contributed by atoms with E-state index in [4.69, 9.17) is 0 Å². The second-order valence-corrected chi connectivity index (χ2v) is 6.00. The number of aromatic nitrogens is 2. The summed E-state index contributed by atoms with van der Waals surface area (Å²) in [7, 11) is 0. The van der Waals surface area contributed by atoms with E-state index in [0.717, 1.165) is 5.69 Å². The number of carbonyl (C=O) groups is 1. The second kappa shape index (κ2) is 5.30. The molecule has 3 rings (SSSR count). The van der Waals surface area contributed by atoms with Crippen LogP contribution in [-0.2, 0) is 4.79 Å². The van der Waals surface area contributed by atoms with Gasteiger partial charge in [0.2, 0.25) is 0 Å². The molecule has 5 nitrogen and oxygen atoms in total. The fourth-order valence-corrected chi connectivity index (χ4v) is 2.88. The first kappa shape index (κ1) is 14.9. The maximum atomic E-state index is 13.5. The molecule has 0 aliphatic carbocycles. The molecule has 1 aromatic heterocycles. The summed E-state index contributed by atoms with van der Waals surface area (Å²) in [5, 5.41) is 3.11. The zero-order valence-corrected chi connectivity index (χ0v) is 12.5. The Morgan fingerprint density at radius 1 is 1.36 bits per heavy atom. The molecule has 1 amide bonds. The third kappa shape index (κ3) is 2.24. The summed E-state index contributed by atoms with van der Waals surface area (Å²) >= 11 is 0. The van der Waals surface area contributed by atoms with Crippen LogP contribution in [0.25, 0.3) is 0 Å². The highest BCUT2D eigenvalue weighted by molar-refractivity contribution is 5.83. The lowest BCUT2D eigenvalue weighted by Gasteiger charge is -2.36. The van der Waals surface area contributed by atoms with Crippen LogP contribution in [0.2, 0.25) is 0 Å². The topological polar surface area (TPSA) is 49.3 Å². The van der Waals surface area contributed by atoms with E-state index in [1.54, 1.807) is 29.7 Å². The molecule has 1 aromatic rings. The van der Waals surface area contributed by atoms with E-state index in [-0.39, 0.29) is 6.42 Å². The summed E-state index contributed by atoms with van der Waals surface area (Å²) in [6.07, 6.45) is 4.79. The van der Waals surface area contributed by atoms with Gasteiger partial charge in [0.25, 0.3) is 12.3 Å². The van der Waals surface area contributed by atoms with Gasteiger partial charge in [-0.3, -0.25) is 19.8 Å². The Kier molecular flexibility index (Phi) is 3.58. The number of halogens is 2. The molecule has 3 heterocycles. The quantitative estimate of drug-likeness (QED) is 0.842. The first-order valence-electron chi connectivity index (χ1n) is 7.29. The van der Waals surface area contributed by atoms with Crippen LogP contribution < -0.4 is 0 Å². The zero-order valence-electron chi connectivity index (χ0n) is 12.5. The maximum absolute atomic E-state index is 13.5. The minimum atomic E-state index is -2.69. The minimum Gasteiger partial charge on any atom is -0.290 e. The van der Waals surface area contributed by atoms with Gasteiger partial charge in [-0.15, -0.1) is 0 Å². The van der Waals surface area contributed by atoms with E-state index in [2.05, 4.69) is 9.97 Å². The third-order valence-corrected chi connectivity index (χ3v) is 4.35. The van der Waals surface area contributed by atoms with Crippen molar-refractivity contribution in [2.45, 2.75) is 39.2 Å². The molecule has 0 saturated carbocycles. The molecule has 7 heteroatoms. The molecule has 22 heavy (non-hydrogen) atoms. The Hall–Kier alpha value is -2.05. The van der Waals surface area contributed by atoms with Gasteiger partial charge < -0.3 is 0 Å². The molecule has 2 unspecified atom stereocenters. The molecule has 0 aromatic carbocycles. The van der Waals surface area contributed by atoms with Crippen LogP contribution >= 0.6 is 0 Å². The average Bonchev–Trinajstić information content (AvgIpc) is 2.85. The first-order chi connectivity index (χ1) is 10.4. The van der Waals surface area contributed by atoms with Gasteiger partial charge in [0.05, 0.1) is 17.6 Å². The van der Waals surface area contributed by atoms with Crippen LogP contribution in [0.4, 0.5) is 8.78 Å². The van der Waals surface area contributed by atoms with E-state index in [9.17, 15) is 13.6 Å². The first-order valence-corrected chi connectivity index (χ1v) is 7.29. The van der Waals surface area contributed by atoms with Crippen LogP contribution in [0.5, 0.6) is 0 Å². The highest BCUT2D eigenvalue weighted by Gasteiger charge is 2.50. The van der Waals surface area contributed by atoms with Gasteiger partial charge >= 0.3 is 0 Å². The van der Waals surface area contributed by atoms with E-state index in [0.29, 0.717) is 18.7 Å². The number of amides is 1. The summed E-state index contributed by atoms with van der Waals surface area (Å²) in [6.45, 7) is 3.71. The van der Waals surface area contributed by atoms with E-state index in [1.165, 1.54) is 11.9 Å². The molecular weight excluding hydrogens is 290 g/mol. The second-order valence-electron chi connectivity index (χ2n) is 6.00. The number of nitrogens with zero attached hydrogens (tertiary/aromatic N) is 4. The van der Waals surface area contributed by atoms with Crippen LogP contribution in [0, 0.1) is 12.3 Å². The molecule has 1 saturated heterocycles. The highest BCUT2D eigenvalue weighted by Crippen LogP contribution is 2.41. The standard InChI is InChI=1S/C15H18F2N4O/c1-10-8-19-11(9-18-10)12-4-7-20-6-3-5-15(2,13(16)17)14(22)21(12)20/h4,7-9,12-13H,3,5-6H2,1-2H3. The van der Waals surface area contributed by atoms with E-state index < -0.39 is 23.8 Å². The molecule has 2 atom stereocenters. The van der Waals surface area contributed by atoms with Crippen LogP contribution in [0.1, 0.15) is 37.2 Å². The number of carbonyl (C=O) groups excluding carboxylic acids is 1. The predicted molar refractivity (Wildman–Crippen MR) is 75.5 cm³/mol. The molecular formula is C15H18F2N4O. The van der Waals surface area contributed by atoms with Gasteiger partial charge in [-0.25, -0.2) is 13.8 Å². The number of hydrazine groups is 1. The summed E-state index contributed by atoms with van der Waals surface area (Å²) in [4.78, 5) is 21.2. The van der Waals surface area contributed by atoms with Crippen LogP contribution in [0.3, 0.4) is 0 Å². The normalized spacial score (nSPS) is 28.2. The van der Waals surface area contributed by atoms with Gasteiger partial charge in [0.15, 0.2) is 0 Å². The Morgan fingerprint density at radius 2 is 2.14 bits per heavy atom. The van der Waals surface area contributed by atoms with Crippen molar-refractivity contribution in [2.24, 2.45) is 5.41 Å². The van der Waals surface area contributed by atoms with E-state index >= 15 is 0 Å². The van der Waals surface area contributed by atoms with Gasteiger partial charge in [0, 0.05) is 18.9 Å². The zero-order chi connectivity index (χ0) is 15.9. The lowest BCUT2D eigenvalue weighted by atomic mass is 9.84. The Labute approximate surface area is 127 Å². The number of hydrogen-bond acceptors (Lipinski definition) is 4. The Morgan fingerprint density at radius 3 is 2.77 bits per heavy atom. The molecule has 0 N–H and O–H groups in total. The summed E-state index contributed by atoms with van der Waals surface area (Å²) in [5.41, 5.74) is -0.310. The van der Waals surface area contributed by atoms with Crippen molar-refractivity contribution >= 4 is 5.91 Å². The van der Waals surface area contributed by atoms with Crippen LogP contribution in [0.15, 0.2) is 24.7 Å². The Bertz CT molecular complexity index is 604. The van der Waals surface area contributed by atoms with Crippen molar-refractivity contribution in [1.82, 2.24) is 20.0 Å². The van der Waals surface area contributed by atoms with E-state index in [1.807, 2.05) is 6.92 Å². The lowest BCUT2D eigenvalue weighted by Crippen LogP contribution is -2.49. The van der Waals surface area contributed by atoms with Gasteiger partial charge in [0.1, 0.15) is 11.5 Å². The molecule has 2 aliphatic heterocycles. The van der Waals surface area contributed by atoms with Crippen molar-refractivity contribution in [3.05, 3.63) is 36.1 Å². The lowest BCUT2D eigenvalue weighted by molar-refractivity contribution is -0.162. The summed E-state index contributed by atoms with van der Waals surface area (Å²) < 4.78 is 26.9. The van der Waals surface area contributed by atoms with Crippen molar-refractivity contribution in [2.75, 3.05) is 6.54 Å². The molecule has 118 valence electrons. The average molecular weight is 308 g/mol. The molecule has 0 bridgehead atoms. The predicted octanol–water partition coefficient (Wildman–Crippen LogP) is 2.46. The highest BCUT2D eigenvalue weighted by atomic mass is 19.3. The van der Waals surface area contributed by atoms with Crippen molar-refractivity contribution in [1.29, 1.82) is 0 Å². The fraction of sp³-hybridized carbons (Fsp3) is 0.533. The smallest absolute Gasteiger partial charge is 0.253 e. The van der Waals surface area contributed by atoms with Gasteiger partial charge in [-0.1, -0.05) is 0 Å². The maximum Gasteiger partial charge on any atom is 0.253 e. The molecule has 0 spiro atoms. The third-order valence-electron chi connectivity index (χ3n) is 4.35. The SMILES string of the molecule is Cc1cnc(C2C=CN3CCCC(C)(C(F)F)C(=O)N23)cn1. The minimum absolute atomic E-state index is 0.177. The van der Waals surface area contributed by atoms with Crippen molar-refractivity contribution in [3.8, 4) is 0 Å². The van der Waals surface area contributed by atoms with Gasteiger partial charge in [-0.2, -0.15) is 0 Å². The number of aryl methyl sites for hydroxylation is 1. The summed E-state index contributed by atoms with van der Waals surface area (Å²) in [6, 6.07) is -0.475. The largest absolute Gasteiger partial charge is 0.290 e. The van der Waals surface area contributed by atoms with Crippen molar-refractivity contribution in [3.63, 3.8) is 0 Å². The fourth-order valence-electron chi connectivity index (χ4n) is 2.88. The number of rotatable bonds is 2. The number of fused-ring (bicyclic) bond motifs is 1. The van der Waals surface area contributed by atoms with Gasteiger partial charge in [-0.05, 0) is 32.8 Å². The molecule has 2 aliphatic rings. The molecule has 0 radical (unpaired) electrons. The molecule has 1 fully saturated rings. The monoisotopic (exact) mass is 308 g/mol. The number of hydrogen-bond donors (Lipinski definition) is 0. The van der Waals surface area contributed by atoms with Crippen molar-refractivity contribution < 1.29 is 13.6 Å².